The summed E-state index contributed by atoms with van der Waals surface area (Å²) in [5.74, 6) is -0.458. The molecule has 1 heterocycles. The van der Waals surface area contributed by atoms with Crippen LogP contribution in [0.1, 0.15) is 63.9 Å². The number of anilines is 2. The number of fused-ring (bicyclic) bond motifs is 1. The van der Waals surface area contributed by atoms with Crippen molar-refractivity contribution in [2.45, 2.75) is 61.3 Å². The van der Waals surface area contributed by atoms with Crippen LogP contribution in [0.15, 0.2) is 48.0 Å². The van der Waals surface area contributed by atoms with Crippen molar-refractivity contribution in [1.82, 2.24) is 4.98 Å². The van der Waals surface area contributed by atoms with Crippen LogP contribution in [-0.4, -0.2) is 10.9 Å². The fraction of sp³-hybridized carbons (Fsp3) is 0.321. The van der Waals surface area contributed by atoms with Crippen LogP contribution in [0.3, 0.4) is 0 Å². The number of aryl methyl sites for hydroxylation is 2. The first-order valence-electron chi connectivity index (χ1n) is 11.7. The summed E-state index contributed by atoms with van der Waals surface area (Å²) in [4.78, 5) is 17.3. The molecule has 0 saturated heterocycles. The first-order valence-corrected chi connectivity index (χ1v) is 11.7. The topological polar surface area (TPSA) is 91.8 Å². The summed E-state index contributed by atoms with van der Waals surface area (Å²) in [6.45, 7) is 14.1. The summed E-state index contributed by atoms with van der Waals surface area (Å²) in [5.41, 5.74) is 12.5. The number of aromatic nitrogens is 1. The van der Waals surface area contributed by atoms with Crippen LogP contribution in [0, 0.1) is 18.3 Å². The molecule has 0 bridgehead atoms. The van der Waals surface area contributed by atoms with E-state index in [4.69, 9.17) is 10.7 Å². The van der Waals surface area contributed by atoms with Crippen molar-refractivity contribution in [3.63, 3.8) is 0 Å². The van der Waals surface area contributed by atoms with Crippen LogP contribution in [-0.2, 0) is 17.6 Å². The predicted octanol–water partition coefficient (Wildman–Crippen LogP) is 6.85. The number of benzene rings is 2. The Kier molecular flexibility index (Phi) is 11.4. The third-order valence-corrected chi connectivity index (χ3v) is 4.92. The van der Waals surface area contributed by atoms with Gasteiger partial charge in [0.15, 0.2) is 0 Å². The Morgan fingerprint density at radius 3 is 2.24 bits per heavy atom. The number of nitrogens with zero attached hydrogens (tertiary/aromatic N) is 2. The van der Waals surface area contributed by atoms with E-state index in [1.807, 2.05) is 77.1 Å². The van der Waals surface area contributed by atoms with E-state index in [-0.39, 0.29) is 5.57 Å². The Balaban J connectivity index is 0.00000129. The number of nitrogen functional groups attached to an aromatic ring is 1. The summed E-state index contributed by atoms with van der Waals surface area (Å²) < 4.78 is 0. The Morgan fingerprint density at radius 2 is 1.70 bits per heavy atom. The van der Waals surface area contributed by atoms with Crippen molar-refractivity contribution < 1.29 is 4.79 Å². The first-order chi connectivity index (χ1) is 16.0. The molecule has 0 atom stereocenters. The van der Waals surface area contributed by atoms with Crippen molar-refractivity contribution in [3.8, 4) is 6.07 Å². The molecule has 2 aromatic carbocycles. The average Bonchev–Trinajstić information content (AvgIpc) is 2.86. The van der Waals surface area contributed by atoms with Gasteiger partial charge in [0.25, 0.3) is 5.91 Å². The van der Waals surface area contributed by atoms with Gasteiger partial charge in [0.1, 0.15) is 11.6 Å². The SMILES string of the molecule is CC.CC.CCc1nc2ccc(NC(=O)/C(C#N)=C/c3ccc(C)cc3)cc2c(N)c1CC. The van der Waals surface area contributed by atoms with E-state index in [9.17, 15) is 10.1 Å². The highest BCUT2D eigenvalue weighted by atomic mass is 16.1. The molecular formula is C28H36N4O. The summed E-state index contributed by atoms with van der Waals surface area (Å²) in [5, 5.41) is 13.0. The van der Waals surface area contributed by atoms with Crippen molar-refractivity contribution >= 4 is 34.3 Å². The molecule has 5 heteroatoms. The highest BCUT2D eigenvalue weighted by Gasteiger charge is 2.13. The van der Waals surface area contributed by atoms with Crippen LogP contribution in [0.2, 0.25) is 0 Å². The van der Waals surface area contributed by atoms with Crippen LogP contribution in [0.5, 0.6) is 0 Å². The maximum Gasteiger partial charge on any atom is 0.266 e. The Morgan fingerprint density at radius 1 is 1.06 bits per heavy atom. The molecule has 5 nitrogen and oxygen atoms in total. The van der Waals surface area contributed by atoms with Crippen molar-refractivity contribution in [2.24, 2.45) is 0 Å². The van der Waals surface area contributed by atoms with Crippen LogP contribution >= 0.6 is 0 Å². The van der Waals surface area contributed by atoms with Gasteiger partial charge in [-0.15, -0.1) is 0 Å². The van der Waals surface area contributed by atoms with Gasteiger partial charge in [0.2, 0.25) is 0 Å². The molecule has 1 amide bonds. The van der Waals surface area contributed by atoms with E-state index in [1.54, 1.807) is 12.1 Å². The lowest BCUT2D eigenvalue weighted by Crippen LogP contribution is -2.13. The lowest BCUT2D eigenvalue weighted by molar-refractivity contribution is -0.112. The monoisotopic (exact) mass is 444 g/mol. The molecule has 0 saturated carbocycles. The molecule has 0 aliphatic rings. The molecule has 0 aliphatic heterocycles. The number of nitrogens with two attached hydrogens (primary N) is 1. The second-order valence-electron chi connectivity index (χ2n) is 6.92. The minimum absolute atomic E-state index is 0.0376. The quantitative estimate of drug-likeness (QED) is 0.332. The third kappa shape index (κ3) is 6.92. The Hall–Kier alpha value is -3.65. The largest absolute Gasteiger partial charge is 0.398 e. The number of carbonyl (C=O) groups is 1. The smallest absolute Gasteiger partial charge is 0.266 e. The Bertz CT molecular complexity index is 1140. The molecule has 0 aliphatic carbocycles. The molecule has 33 heavy (non-hydrogen) atoms. The van der Waals surface area contributed by atoms with Gasteiger partial charge in [-0.1, -0.05) is 71.4 Å². The van der Waals surface area contributed by atoms with E-state index < -0.39 is 5.91 Å². The van der Waals surface area contributed by atoms with Gasteiger partial charge < -0.3 is 11.1 Å². The van der Waals surface area contributed by atoms with Gasteiger partial charge in [-0.25, -0.2) is 0 Å². The maximum absolute atomic E-state index is 12.6. The minimum atomic E-state index is -0.458. The molecule has 0 unspecified atom stereocenters. The van der Waals surface area contributed by atoms with Crippen molar-refractivity contribution in [3.05, 3.63) is 70.4 Å². The number of nitrogens with one attached hydrogen (secondary N) is 1. The van der Waals surface area contributed by atoms with Crippen molar-refractivity contribution in [2.75, 3.05) is 11.1 Å². The van der Waals surface area contributed by atoms with Gasteiger partial charge in [0, 0.05) is 22.5 Å². The second-order valence-corrected chi connectivity index (χ2v) is 6.92. The number of rotatable bonds is 5. The molecule has 174 valence electrons. The summed E-state index contributed by atoms with van der Waals surface area (Å²) >= 11 is 0. The number of hydrogen-bond acceptors (Lipinski definition) is 4. The fourth-order valence-electron chi connectivity index (χ4n) is 3.32. The average molecular weight is 445 g/mol. The zero-order valence-corrected chi connectivity index (χ0v) is 20.9. The van der Waals surface area contributed by atoms with Gasteiger partial charge in [0.05, 0.1) is 5.52 Å². The van der Waals surface area contributed by atoms with E-state index in [0.717, 1.165) is 46.1 Å². The lowest BCUT2D eigenvalue weighted by Gasteiger charge is -2.13. The van der Waals surface area contributed by atoms with Crippen LogP contribution in [0.4, 0.5) is 11.4 Å². The molecule has 3 aromatic rings. The number of carbonyl (C=O) groups excluding carboxylic acids is 1. The van der Waals surface area contributed by atoms with E-state index >= 15 is 0 Å². The number of nitriles is 1. The molecule has 3 rings (SSSR count). The highest BCUT2D eigenvalue weighted by Crippen LogP contribution is 2.29. The predicted molar refractivity (Wildman–Crippen MR) is 141 cm³/mol. The van der Waals surface area contributed by atoms with E-state index in [0.29, 0.717) is 11.4 Å². The highest BCUT2D eigenvalue weighted by molar-refractivity contribution is 6.10. The normalized spacial score (nSPS) is 10.3. The van der Waals surface area contributed by atoms with Gasteiger partial charge >= 0.3 is 0 Å². The summed E-state index contributed by atoms with van der Waals surface area (Å²) in [6, 6.07) is 15.0. The molecule has 1 aromatic heterocycles. The van der Waals surface area contributed by atoms with Crippen LogP contribution < -0.4 is 11.1 Å². The standard InChI is InChI=1S/C24H24N4O.2C2H6/c1-4-19-21(5-2)28-22-11-10-18(13-20(22)23(19)26)27-24(29)17(14-25)12-16-8-6-15(3)7-9-16;2*1-2/h6-13H,4-5H2,1-3H3,(H2,26,28)(H,27,29);2*1-2H3/b17-12+;;. The third-order valence-electron chi connectivity index (χ3n) is 4.92. The molecule has 3 N–H and O–H groups in total. The van der Waals surface area contributed by atoms with Crippen LogP contribution in [0.25, 0.3) is 17.0 Å². The second kappa shape index (κ2) is 13.7. The summed E-state index contributed by atoms with van der Waals surface area (Å²) in [6.07, 6.45) is 3.19. The zero-order chi connectivity index (χ0) is 25.0. The molecular weight excluding hydrogens is 408 g/mol. The zero-order valence-electron chi connectivity index (χ0n) is 20.9. The van der Waals surface area contributed by atoms with Crippen molar-refractivity contribution in [1.29, 1.82) is 5.26 Å². The summed E-state index contributed by atoms with van der Waals surface area (Å²) in [7, 11) is 0. The van der Waals surface area contributed by atoms with Gasteiger partial charge in [-0.2, -0.15) is 5.26 Å². The number of pyridine rings is 1. The van der Waals surface area contributed by atoms with Gasteiger partial charge in [-0.3, -0.25) is 9.78 Å². The fourth-order valence-corrected chi connectivity index (χ4v) is 3.32. The molecule has 0 radical (unpaired) electrons. The molecule has 0 spiro atoms. The number of amides is 1. The molecule has 0 fully saturated rings. The number of hydrogen-bond donors (Lipinski definition) is 2. The van der Waals surface area contributed by atoms with E-state index in [2.05, 4.69) is 19.2 Å². The van der Waals surface area contributed by atoms with E-state index in [1.165, 1.54) is 0 Å². The lowest BCUT2D eigenvalue weighted by atomic mass is 10.0. The maximum atomic E-state index is 12.6. The first kappa shape index (κ1) is 27.4. The van der Waals surface area contributed by atoms with Gasteiger partial charge in [-0.05, 0) is 55.2 Å². The Labute approximate surface area is 198 Å². The minimum Gasteiger partial charge on any atom is -0.398 e.